The van der Waals surface area contributed by atoms with E-state index in [1.807, 2.05) is 0 Å². The Balaban J connectivity index is 1.83. The lowest BCUT2D eigenvalue weighted by Gasteiger charge is -2.00. The summed E-state index contributed by atoms with van der Waals surface area (Å²) in [5.74, 6) is -1.40. The first-order chi connectivity index (χ1) is 9.06. The molecule has 1 fully saturated rings. The van der Waals surface area contributed by atoms with Crippen LogP contribution < -0.4 is 10.6 Å². The Labute approximate surface area is 113 Å². The fourth-order valence-corrected chi connectivity index (χ4v) is 2.06. The van der Waals surface area contributed by atoms with E-state index in [1.165, 1.54) is 16.7 Å². The van der Waals surface area contributed by atoms with Crippen LogP contribution in [0, 0.1) is 5.92 Å². The van der Waals surface area contributed by atoms with Gasteiger partial charge in [-0.3, -0.25) is 14.4 Å². The van der Waals surface area contributed by atoms with E-state index in [4.69, 9.17) is 5.11 Å². The number of nitrogens with zero attached hydrogens (tertiary/aromatic N) is 1. The highest BCUT2D eigenvalue weighted by molar-refractivity contribution is 7.14. The van der Waals surface area contributed by atoms with Gasteiger partial charge in [-0.05, 0) is 12.8 Å². The molecule has 2 amide bonds. The van der Waals surface area contributed by atoms with Gasteiger partial charge in [-0.2, -0.15) is 0 Å². The number of rotatable bonds is 6. The Bertz CT molecular complexity index is 510. The predicted octanol–water partition coefficient (Wildman–Crippen LogP) is 0.696. The van der Waals surface area contributed by atoms with Crippen molar-refractivity contribution in [3.8, 4) is 0 Å². The Morgan fingerprint density at radius 3 is 2.79 bits per heavy atom. The lowest BCUT2D eigenvalue weighted by atomic mass is 10.4. The van der Waals surface area contributed by atoms with Crippen LogP contribution in [0.5, 0.6) is 0 Å². The van der Waals surface area contributed by atoms with E-state index in [1.54, 1.807) is 0 Å². The van der Waals surface area contributed by atoms with E-state index < -0.39 is 11.9 Å². The van der Waals surface area contributed by atoms with Gasteiger partial charge < -0.3 is 15.7 Å². The number of aliphatic carboxylic acids is 1. The van der Waals surface area contributed by atoms with Gasteiger partial charge in [0.25, 0.3) is 5.91 Å². The molecule has 102 valence electrons. The SMILES string of the molecule is O=C(O)CCNC(=O)c1csc(NC(=O)C2CC2)n1. The zero-order valence-corrected chi connectivity index (χ0v) is 10.8. The Morgan fingerprint density at radius 2 is 2.16 bits per heavy atom. The molecule has 0 unspecified atom stereocenters. The highest BCUT2D eigenvalue weighted by atomic mass is 32.1. The number of carboxylic acid groups (broad SMARTS) is 1. The third-order valence-corrected chi connectivity index (χ3v) is 3.30. The third-order valence-electron chi connectivity index (χ3n) is 2.54. The van der Waals surface area contributed by atoms with E-state index in [-0.39, 0.29) is 30.5 Å². The number of amides is 2. The Kier molecular flexibility index (Phi) is 4.10. The fraction of sp³-hybridized carbons (Fsp3) is 0.455. The molecule has 1 heterocycles. The molecule has 3 N–H and O–H groups in total. The van der Waals surface area contributed by atoms with Crippen molar-refractivity contribution in [1.29, 1.82) is 0 Å². The first kappa shape index (κ1) is 13.5. The quantitative estimate of drug-likeness (QED) is 0.712. The van der Waals surface area contributed by atoms with Crippen LogP contribution in [0.15, 0.2) is 5.38 Å². The Hall–Kier alpha value is -1.96. The summed E-state index contributed by atoms with van der Waals surface area (Å²) < 4.78 is 0. The second-order valence-corrected chi connectivity index (χ2v) is 5.06. The topological polar surface area (TPSA) is 108 Å². The van der Waals surface area contributed by atoms with Gasteiger partial charge in [-0.1, -0.05) is 0 Å². The minimum Gasteiger partial charge on any atom is -0.481 e. The molecular formula is C11H13N3O4S. The summed E-state index contributed by atoms with van der Waals surface area (Å²) in [6, 6.07) is 0. The van der Waals surface area contributed by atoms with Crippen molar-refractivity contribution in [2.45, 2.75) is 19.3 Å². The van der Waals surface area contributed by atoms with Gasteiger partial charge in [0.1, 0.15) is 5.69 Å². The number of anilines is 1. The van der Waals surface area contributed by atoms with E-state index in [0.29, 0.717) is 5.13 Å². The number of carbonyl (C=O) groups is 3. The van der Waals surface area contributed by atoms with Gasteiger partial charge in [0.05, 0.1) is 6.42 Å². The normalized spacial score (nSPS) is 13.9. The second-order valence-electron chi connectivity index (χ2n) is 4.20. The van der Waals surface area contributed by atoms with Gasteiger partial charge in [0.2, 0.25) is 5.91 Å². The number of hydrogen-bond acceptors (Lipinski definition) is 5. The number of nitrogens with one attached hydrogen (secondary N) is 2. The van der Waals surface area contributed by atoms with E-state index in [0.717, 1.165) is 12.8 Å². The van der Waals surface area contributed by atoms with Gasteiger partial charge in [0.15, 0.2) is 5.13 Å². The first-order valence-electron chi connectivity index (χ1n) is 5.82. The highest BCUT2D eigenvalue weighted by Crippen LogP contribution is 2.30. The molecule has 0 aromatic carbocycles. The molecule has 1 aromatic rings. The molecular weight excluding hydrogens is 270 g/mol. The van der Waals surface area contributed by atoms with Crippen molar-refractivity contribution in [2.75, 3.05) is 11.9 Å². The maximum Gasteiger partial charge on any atom is 0.305 e. The first-order valence-corrected chi connectivity index (χ1v) is 6.70. The molecule has 0 aliphatic heterocycles. The number of carboxylic acids is 1. The minimum absolute atomic E-state index is 0.0511. The number of hydrogen-bond donors (Lipinski definition) is 3. The summed E-state index contributed by atoms with van der Waals surface area (Å²) in [5.41, 5.74) is 0.182. The molecule has 0 spiro atoms. The maximum absolute atomic E-state index is 11.6. The van der Waals surface area contributed by atoms with Gasteiger partial charge in [-0.15, -0.1) is 11.3 Å². The summed E-state index contributed by atoms with van der Waals surface area (Å²) in [4.78, 5) is 37.4. The molecule has 8 heteroatoms. The second kappa shape index (κ2) is 5.79. The van der Waals surface area contributed by atoms with Crippen molar-refractivity contribution in [1.82, 2.24) is 10.3 Å². The molecule has 7 nitrogen and oxygen atoms in total. The van der Waals surface area contributed by atoms with Crippen LogP contribution in [0.4, 0.5) is 5.13 Å². The molecule has 19 heavy (non-hydrogen) atoms. The van der Waals surface area contributed by atoms with Crippen molar-refractivity contribution in [3.05, 3.63) is 11.1 Å². The third kappa shape index (κ3) is 4.02. The molecule has 0 saturated heterocycles. The molecule has 0 atom stereocenters. The van der Waals surface area contributed by atoms with Crippen LogP contribution in [-0.2, 0) is 9.59 Å². The van der Waals surface area contributed by atoms with Gasteiger partial charge in [-0.25, -0.2) is 4.98 Å². The monoisotopic (exact) mass is 283 g/mol. The summed E-state index contributed by atoms with van der Waals surface area (Å²) in [6.45, 7) is 0.0511. The van der Waals surface area contributed by atoms with E-state index >= 15 is 0 Å². The Morgan fingerprint density at radius 1 is 1.42 bits per heavy atom. The zero-order chi connectivity index (χ0) is 13.8. The van der Waals surface area contributed by atoms with Crippen molar-refractivity contribution in [3.63, 3.8) is 0 Å². The van der Waals surface area contributed by atoms with Crippen LogP contribution >= 0.6 is 11.3 Å². The molecule has 0 bridgehead atoms. The average Bonchev–Trinajstić information content (AvgIpc) is 3.10. The molecule has 1 aliphatic rings. The lowest BCUT2D eigenvalue weighted by molar-refractivity contribution is -0.136. The number of aromatic nitrogens is 1. The summed E-state index contributed by atoms with van der Waals surface area (Å²) in [5, 5.41) is 15.5. The molecule has 2 rings (SSSR count). The highest BCUT2D eigenvalue weighted by Gasteiger charge is 2.30. The molecule has 1 aliphatic carbocycles. The predicted molar refractivity (Wildman–Crippen MR) is 68.1 cm³/mol. The lowest BCUT2D eigenvalue weighted by Crippen LogP contribution is -2.26. The summed E-state index contributed by atoms with van der Waals surface area (Å²) in [7, 11) is 0. The van der Waals surface area contributed by atoms with E-state index in [9.17, 15) is 14.4 Å². The van der Waals surface area contributed by atoms with Crippen LogP contribution in [0.1, 0.15) is 29.8 Å². The summed E-state index contributed by atoms with van der Waals surface area (Å²) >= 11 is 1.17. The smallest absolute Gasteiger partial charge is 0.305 e. The zero-order valence-electron chi connectivity index (χ0n) is 10.0. The number of carbonyl (C=O) groups excluding carboxylic acids is 2. The molecule has 0 radical (unpaired) electrons. The molecule has 1 saturated carbocycles. The van der Waals surface area contributed by atoms with Crippen LogP contribution in [-0.4, -0.2) is 34.4 Å². The van der Waals surface area contributed by atoms with Gasteiger partial charge in [0, 0.05) is 17.8 Å². The fourth-order valence-electron chi connectivity index (χ4n) is 1.36. The number of thiazole rings is 1. The average molecular weight is 283 g/mol. The van der Waals surface area contributed by atoms with Gasteiger partial charge >= 0.3 is 5.97 Å². The van der Waals surface area contributed by atoms with E-state index in [2.05, 4.69) is 15.6 Å². The van der Waals surface area contributed by atoms with Crippen LogP contribution in [0.25, 0.3) is 0 Å². The maximum atomic E-state index is 11.6. The molecule has 1 aromatic heterocycles. The van der Waals surface area contributed by atoms with Crippen molar-refractivity contribution >= 4 is 34.3 Å². The largest absolute Gasteiger partial charge is 0.481 e. The van der Waals surface area contributed by atoms with Crippen LogP contribution in [0.2, 0.25) is 0 Å². The minimum atomic E-state index is -0.976. The van der Waals surface area contributed by atoms with Crippen molar-refractivity contribution < 1.29 is 19.5 Å². The van der Waals surface area contributed by atoms with Crippen molar-refractivity contribution in [2.24, 2.45) is 5.92 Å². The van der Waals surface area contributed by atoms with Crippen LogP contribution in [0.3, 0.4) is 0 Å². The standard InChI is InChI=1S/C11H13N3O4S/c15-8(16)3-4-12-10(18)7-5-19-11(13-7)14-9(17)6-1-2-6/h5-6H,1-4H2,(H,12,18)(H,15,16)(H,13,14,17). The summed E-state index contributed by atoms with van der Waals surface area (Å²) in [6.07, 6.45) is 1.67.